The number of aryl methyl sites for hydroxylation is 1. The smallest absolute Gasteiger partial charge is 0.0833 e. The van der Waals surface area contributed by atoms with Crippen molar-refractivity contribution in [2.45, 2.75) is 26.2 Å². The summed E-state index contributed by atoms with van der Waals surface area (Å²) in [6, 6.07) is 0. The second-order valence-corrected chi connectivity index (χ2v) is 5.00. The number of ether oxygens (including phenoxy) is 1. The van der Waals surface area contributed by atoms with E-state index in [-0.39, 0.29) is 5.41 Å². The van der Waals surface area contributed by atoms with Gasteiger partial charge in [0.15, 0.2) is 0 Å². The molecule has 1 aliphatic heterocycles. The SMILES string of the molecule is CCNCC1(Cc2cn(C)nn2)CCCOC1. The average molecular weight is 238 g/mol. The third-order valence-corrected chi connectivity index (χ3v) is 3.36. The molecule has 1 fully saturated rings. The number of rotatable bonds is 5. The molecule has 5 nitrogen and oxygen atoms in total. The van der Waals surface area contributed by atoms with Crippen LogP contribution in [0.25, 0.3) is 0 Å². The minimum Gasteiger partial charge on any atom is -0.381 e. The van der Waals surface area contributed by atoms with E-state index >= 15 is 0 Å². The van der Waals surface area contributed by atoms with Crippen LogP contribution in [0.4, 0.5) is 0 Å². The summed E-state index contributed by atoms with van der Waals surface area (Å²) < 4.78 is 7.43. The molecule has 1 aromatic rings. The monoisotopic (exact) mass is 238 g/mol. The third kappa shape index (κ3) is 3.26. The molecule has 1 unspecified atom stereocenters. The van der Waals surface area contributed by atoms with Crippen LogP contribution in [-0.4, -0.2) is 41.3 Å². The highest BCUT2D eigenvalue weighted by Gasteiger charge is 2.33. The Labute approximate surface area is 103 Å². The van der Waals surface area contributed by atoms with Gasteiger partial charge in [0.2, 0.25) is 0 Å². The Balaban J connectivity index is 2.03. The second-order valence-electron chi connectivity index (χ2n) is 5.00. The first-order chi connectivity index (χ1) is 8.24. The summed E-state index contributed by atoms with van der Waals surface area (Å²) in [6.07, 6.45) is 5.30. The van der Waals surface area contributed by atoms with Gasteiger partial charge in [0, 0.05) is 38.2 Å². The number of hydrogen-bond acceptors (Lipinski definition) is 4. The standard InChI is InChI=1S/C12H22N4O/c1-3-13-9-12(5-4-6-17-10-12)7-11-8-16(2)15-14-11/h8,13H,3-7,9-10H2,1-2H3. The van der Waals surface area contributed by atoms with Gasteiger partial charge in [0.25, 0.3) is 0 Å². The van der Waals surface area contributed by atoms with Crippen molar-refractivity contribution in [3.8, 4) is 0 Å². The second kappa shape index (κ2) is 5.60. The first-order valence-corrected chi connectivity index (χ1v) is 6.38. The predicted molar refractivity (Wildman–Crippen MR) is 65.7 cm³/mol. The van der Waals surface area contributed by atoms with Crippen molar-refractivity contribution in [2.24, 2.45) is 12.5 Å². The number of nitrogens with one attached hydrogen (secondary N) is 1. The van der Waals surface area contributed by atoms with Gasteiger partial charge < -0.3 is 10.1 Å². The number of aromatic nitrogens is 3. The molecule has 1 atom stereocenters. The first-order valence-electron chi connectivity index (χ1n) is 6.38. The van der Waals surface area contributed by atoms with Gasteiger partial charge in [0.05, 0.1) is 12.3 Å². The fourth-order valence-electron chi connectivity index (χ4n) is 2.50. The molecular formula is C12H22N4O. The van der Waals surface area contributed by atoms with Crippen LogP contribution < -0.4 is 5.32 Å². The summed E-state index contributed by atoms with van der Waals surface area (Å²) >= 11 is 0. The minimum atomic E-state index is 0.199. The Bertz CT molecular complexity index is 344. The van der Waals surface area contributed by atoms with Crippen molar-refractivity contribution < 1.29 is 4.74 Å². The number of nitrogens with zero attached hydrogens (tertiary/aromatic N) is 3. The third-order valence-electron chi connectivity index (χ3n) is 3.36. The Hall–Kier alpha value is -0.940. The molecule has 0 saturated carbocycles. The highest BCUT2D eigenvalue weighted by Crippen LogP contribution is 2.31. The van der Waals surface area contributed by atoms with Crippen molar-refractivity contribution >= 4 is 0 Å². The molecule has 2 heterocycles. The van der Waals surface area contributed by atoms with Crippen LogP contribution in [0.3, 0.4) is 0 Å². The quantitative estimate of drug-likeness (QED) is 0.823. The zero-order chi connectivity index (χ0) is 12.1. The molecule has 0 aliphatic carbocycles. The van der Waals surface area contributed by atoms with Gasteiger partial charge in [-0.05, 0) is 19.4 Å². The topological polar surface area (TPSA) is 52.0 Å². The molecule has 96 valence electrons. The summed E-state index contributed by atoms with van der Waals surface area (Å²) in [5, 5.41) is 11.6. The lowest BCUT2D eigenvalue weighted by molar-refractivity contribution is -0.00740. The van der Waals surface area contributed by atoms with Crippen molar-refractivity contribution in [3.63, 3.8) is 0 Å². The largest absolute Gasteiger partial charge is 0.381 e. The molecule has 0 aromatic carbocycles. The van der Waals surface area contributed by atoms with Crippen molar-refractivity contribution in [2.75, 3.05) is 26.3 Å². The zero-order valence-corrected chi connectivity index (χ0v) is 10.8. The minimum absolute atomic E-state index is 0.199. The summed E-state index contributed by atoms with van der Waals surface area (Å²) in [5.41, 5.74) is 1.26. The molecule has 1 N–H and O–H groups in total. The van der Waals surface area contributed by atoms with Crippen LogP contribution in [0.5, 0.6) is 0 Å². The van der Waals surface area contributed by atoms with Crippen LogP contribution in [0.2, 0.25) is 0 Å². The van der Waals surface area contributed by atoms with Crippen LogP contribution in [0.15, 0.2) is 6.20 Å². The Morgan fingerprint density at radius 1 is 1.59 bits per heavy atom. The highest BCUT2D eigenvalue weighted by molar-refractivity contribution is 5.00. The van der Waals surface area contributed by atoms with E-state index in [1.54, 1.807) is 4.68 Å². The number of hydrogen-bond donors (Lipinski definition) is 1. The van der Waals surface area contributed by atoms with E-state index in [2.05, 4.69) is 22.6 Å². The van der Waals surface area contributed by atoms with Gasteiger partial charge in [-0.1, -0.05) is 12.1 Å². The maximum atomic E-state index is 5.67. The average Bonchev–Trinajstić information content (AvgIpc) is 2.73. The van der Waals surface area contributed by atoms with Gasteiger partial charge >= 0.3 is 0 Å². The normalized spacial score (nSPS) is 25.1. The van der Waals surface area contributed by atoms with Gasteiger partial charge in [-0.15, -0.1) is 5.10 Å². The molecular weight excluding hydrogens is 216 g/mol. The Morgan fingerprint density at radius 3 is 3.06 bits per heavy atom. The van der Waals surface area contributed by atoms with Crippen LogP contribution >= 0.6 is 0 Å². The fourth-order valence-corrected chi connectivity index (χ4v) is 2.50. The van der Waals surface area contributed by atoms with Crippen molar-refractivity contribution in [1.82, 2.24) is 20.3 Å². The summed E-state index contributed by atoms with van der Waals surface area (Å²) in [4.78, 5) is 0. The molecule has 2 rings (SSSR count). The van der Waals surface area contributed by atoms with E-state index in [0.29, 0.717) is 0 Å². The molecule has 0 bridgehead atoms. The maximum Gasteiger partial charge on any atom is 0.0833 e. The van der Waals surface area contributed by atoms with Gasteiger partial charge in [-0.2, -0.15) is 0 Å². The van der Waals surface area contributed by atoms with E-state index in [1.165, 1.54) is 6.42 Å². The predicted octanol–water partition coefficient (Wildman–Crippen LogP) is 0.764. The first kappa shape index (κ1) is 12.5. The lowest BCUT2D eigenvalue weighted by atomic mass is 9.78. The Kier molecular flexibility index (Phi) is 4.12. The molecule has 1 aromatic heterocycles. The molecule has 0 amide bonds. The van der Waals surface area contributed by atoms with E-state index in [1.807, 2.05) is 13.2 Å². The van der Waals surface area contributed by atoms with E-state index < -0.39 is 0 Å². The van der Waals surface area contributed by atoms with Crippen molar-refractivity contribution in [3.05, 3.63) is 11.9 Å². The fraction of sp³-hybridized carbons (Fsp3) is 0.833. The molecule has 17 heavy (non-hydrogen) atoms. The highest BCUT2D eigenvalue weighted by atomic mass is 16.5. The van der Waals surface area contributed by atoms with Crippen LogP contribution in [0, 0.1) is 5.41 Å². The van der Waals surface area contributed by atoms with E-state index in [9.17, 15) is 0 Å². The van der Waals surface area contributed by atoms with Gasteiger partial charge in [-0.25, -0.2) is 0 Å². The lowest BCUT2D eigenvalue weighted by Crippen LogP contribution is -2.42. The molecule has 1 aliphatic rings. The Morgan fingerprint density at radius 2 is 2.47 bits per heavy atom. The summed E-state index contributed by atoms with van der Waals surface area (Å²) in [7, 11) is 1.91. The summed E-state index contributed by atoms with van der Waals surface area (Å²) in [6.45, 7) is 5.87. The molecule has 1 saturated heterocycles. The maximum absolute atomic E-state index is 5.67. The van der Waals surface area contributed by atoms with Crippen molar-refractivity contribution in [1.29, 1.82) is 0 Å². The zero-order valence-electron chi connectivity index (χ0n) is 10.8. The summed E-state index contributed by atoms with van der Waals surface area (Å²) in [5.74, 6) is 0. The van der Waals surface area contributed by atoms with Crippen LogP contribution in [0.1, 0.15) is 25.5 Å². The van der Waals surface area contributed by atoms with Gasteiger partial charge in [-0.3, -0.25) is 4.68 Å². The molecule has 0 spiro atoms. The lowest BCUT2D eigenvalue weighted by Gasteiger charge is -2.36. The molecule has 0 radical (unpaired) electrons. The van der Waals surface area contributed by atoms with E-state index in [0.717, 1.165) is 44.8 Å². The molecule has 5 heteroatoms. The van der Waals surface area contributed by atoms with E-state index in [4.69, 9.17) is 4.74 Å². The van der Waals surface area contributed by atoms with Crippen LogP contribution in [-0.2, 0) is 18.2 Å². The van der Waals surface area contributed by atoms with Gasteiger partial charge in [0.1, 0.15) is 0 Å².